The third-order valence-corrected chi connectivity index (χ3v) is 6.13. The van der Waals surface area contributed by atoms with Crippen LogP contribution in [0.15, 0.2) is 111 Å². The number of hydrogen-bond donors (Lipinski definition) is 0. The van der Waals surface area contributed by atoms with E-state index in [0.29, 0.717) is 34.8 Å². The van der Waals surface area contributed by atoms with Crippen molar-refractivity contribution in [1.82, 2.24) is 9.66 Å². The standard InChI is InChI=1S/C29H22BrN3O3/c1-35-27-17-21(13-16-26(27)36-19-20-11-14-23(30)15-12-20)18-31-33-28(22-7-3-2-4-8-22)32-25-10-6-5-9-24(25)29(33)34/h2-18H,19H2,1H3. The van der Waals surface area contributed by atoms with Crippen LogP contribution in [0.5, 0.6) is 11.5 Å². The van der Waals surface area contributed by atoms with E-state index in [1.165, 1.54) is 4.68 Å². The van der Waals surface area contributed by atoms with Crippen molar-refractivity contribution in [3.63, 3.8) is 0 Å². The van der Waals surface area contributed by atoms with Gasteiger partial charge < -0.3 is 9.47 Å². The smallest absolute Gasteiger partial charge is 0.282 e. The molecular weight excluding hydrogens is 518 g/mol. The van der Waals surface area contributed by atoms with Crippen LogP contribution in [0.3, 0.4) is 0 Å². The fourth-order valence-corrected chi connectivity index (χ4v) is 4.02. The number of methoxy groups -OCH3 is 1. The van der Waals surface area contributed by atoms with Crippen LogP contribution < -0.4 is 15.0 Å². The van der Waals surface area contributed by atoms with Crippen molar-refractivity contribution in [2.45, 2.75) is 6.61 Å². The maximum atomic E-state index is 13.3. The number of rotatable bonds is 7. The Hall–Kier alpha value is -4.23. The average Bonchev–Trinajstić information content (AvgIpc) is 2.93. The molecule has 0 N–H and O–H groups in total. The van der Waals surface area contributed by atoms with Gasteiger partial charge in [0.2, 0.25) is 0 Å². The molecule has 0 unspecified atom stereocenters. The molecule has 7 heteroatoms. The number of fused-ring (bicyclic) bond motifs is 1. The van der Waals surface area contributed by atoms with Crippen LogP contribution in [-0.2, 0) is 6.61 Å². The lowest BCUT2D eigenvalue weighted by atomic mass is 10.2. The first-order valence-electron chi connectivity index (χ1n) is 11.3. The Balaban J connectivity index is 1.47. The van der Waals surface area contributed by atoms with E-state index in [9.17, 15) is 4.79 Å². The third-order valence-electron chi connectivity index (χ3n) is 5.60. The number of hydrogen-bond acceptors (Lipinski definition) is 5. The molecule has 5 rings (SSSR count). The van der Waals surface area contributed by atoms with Crippen LogP contribution in [0, 0.1) is 0 Å². The molecule has 0 fully saturated rings. The van der Waals surface area contributed by atoms with Gasteiger partial charge in [-0.1, -0.05) is 70.5 Å². The zero-order valence-corrected chi connectivity index (χ0v) is 21.1. The highest BCUT2D eigenvalue weighted by atomic mass is 79.9. The second kappa shape index (κ2) is 10.6. The lowest BCUT2D eigenvalue weighted by molar-refractivity contribution is 0.284. The van der Waals surface area contributed by atoms with Gasteiger partial charge in [0.1, 0.15) is 6.61 Å². The van der Waals surface area contributed by atoms with Crippen LogP contribution in [0.25, 0.3) is 22.3 Å². The highest BCUT2D eigenvalue weighted by Crippen LogP contribution is 2.28. The summed E-state index contributed by atoms with van der Waals surface area (Å²) in [7, 11) is 1.59. The van der Waals surface area contributed by atoms with Gasteiger partial charge in [-0.3, -0.25) is 4.79 Å². The molecule has 6 nitrogen and oxygen atoms in total. The number of aromatic nitrogens is 2. The van der Waals surface area contributed by atoms with Gasteiger partial charge in [-0.15, -0.1) is 0 Å². The predicted octanol–water partition coefficient (Wildman–Crippen LogP) is 6.30. The second-order valence-electron chi connectivity index (χ2n) is 8.01. The van der Waals surface area contributed by atoms with Gasteiger partial charge >= 0.3 is 0 Å². The summed E-state index contributed by atoms with van der Waals surface area (Å²) in [6, 6.07) is 30.3. The van der Waals surface area contributed by atoms with Crippen molar-refractivity contribution in [1.29, 1.82) is 0 Å². The van der Waals surface area contributed by atoms with Crippen molar-refractivity contribution in [3.05, 3.63) is 123 Å². The number of nitrogens with zero attached hydrogens (tertiary/aromatic N) is 3. The van der Waals surface area contributed by atoms with Gasteiger partial charge in [-0.25, -0.2) is 4.98 Å². The molecule has 0 saturated heterocycles. The van der Waals surface area contributed by atoms with Gasteiger partial charge in [0.05, 0.1) is 24.2 Å². The van der Waals surface area contributed by atoms with Crippen LogP contribution in [-0.4, -0.2) is 23.0 Å². The van der Waals surface area contributed by atoms with E-state index in [1.54, 1.807) is 19.4 Å². The molecule has 0 aliphatic rings. The van der Waals surface area contributed by atoms with Gasteiger partial charge in [-0.05, 0) is 53.6 Å². The van der Waals surface area contributed by atoms with E-state index in [4.69, 9.17) is 14.5 Å². The minimum atomic E-state index is -0.239. The Kier molecular flexibility index (Phi) is 6.91. The topological polar surface area (TPSA) is 65.7 Å². The molecule has 0 radical (unpaired) electrons. The van der Waals surface area contributed by atoms with E-state index in [-0.39, 0.29) is 5.56 Å². The quantitative estimate of drug-likeness (QED) is 0.228. The highest BCUT2D eigenvalue weighted by molar-refractivity contribution is 9.10. The number of halogens is 1. The summed E-state index contributed by atoms with van der Waals surface area (Å²) in [6.07, 6.45) is 1.62. The molecule has 0 amide bonds. The summed E-state index contributed by atoms with van der Waals surface area (Å²) in [5.74, 6) is 1.66. The van der Waals surface area contributed by atoms with Crippen molar-refractivity contribution in [2.75, 3.05) is 7.11 Å². The molecule has 5 aromatic rings. The lowest BCUT2D eigenvalue weighted by Gasteiger charge is -2.12. The van der Waals surface area contributed by atoms with Gasteiger partial charge in [0.15, 0.2) is 17.3 Å². The lowest BCUT2D eigenvalue weighted by Crippen LogP contribution is -2.20. The maximum absolute atomic E-state index is 13.3. The van der Waals surface area contributed by atoms with Gasteiger partial charge in [-0.2, -0.15) is 9.78 Å². The summed E-state index contributed by atoms with van der Waals surface area (Å²) in [6.45, 7) is 0.412. The molecule has 0 saturated carbocycles. The number of ether oxygens (including phenoxy) is 2. The van der Waals surface area contributed by atoms with Crippen LogP contribution in [0.1, 0.15) is 11.1 Å². The first-order chi connectivity index (χ1) is 17.6. The first kappa shape index (κ1) is 23.5. The Bertz CT molecular complexity index is 1600. The molecule has 1 aromatic heterocycles. The molecule has 0 atom stereocenters. The molecule has 0 aliphatic heterocycles. The molecule has 0 aliphatic carbocycles. The monoisotopic (exact) mass is 539 g/mol. The SMILES string of the molecule is COc1cc(C=Nn2c(-c3ccccc3)nc3ccccc3c2=O)ccc1OCc1ccc(Br)cc1. The fourth-order valence-electron chi connectivity index (χ4n) is 3.75. The van der Waals surface area contributed by atoms with E-state index in [2.05, 4.69) is 21.0 Å². The summed E-state index contributed by atoms with van der Waals surface area (Å²) in [5.41, 5.74) is 2.98. The Morgan fingerprint density at radius 2 is 1.67 bits per heavy atom. The Labute approximate surface area is 216 Å². The molecule has 0 spiro atoms. The summed E-state index contributed by atoms with van der Waals surface area (Å²) in [4.78, 5) is 18.1. The number of para-hydroxylation sites is 1. The molecule has 0 bridgehead atoms. The van der Waals surface area contributed by atoms with Gasteiger partial charge in [0, 0.05) is 10.0 Å². The minimum absolute atomic E-state index is 0.239. The third kappa shape index (κ3) is 5.06. The van der Waals surface area contributed by atoms with Crippen LogP contribution in [0.2, 0.25) is 0 Å². The zero-order valence-electron chi connectivity index (χ0n) is 19.5. The van der Waals surface area contributed by atoms with Crippen molar-refractivity contribution < 1.29 is 9.47 Å². The predicted molar refractivity (Wildman–Crippen MR) is 146 cm³/mol. The van der Waals surface area contributed by atoms with Crippen molar-refractivity contribution in [3.8, 4) is 22.9 Å². The second-order valence-corrected chi connectivity index (χ2v) is 8.92. The van der Waals surface area contributed by atoms with Crippen LogP contribution >= 0.6 is 15.9 Å². The summed E-state index contributed by atoms with van der Waals surface area (Å²) < 4.78 is 13.9. The zero-order chi connectivity index (χ0) is 24.9. The Morgan fingerprint density at radius 3 is 2.44 bits per heavy atom. The molecule has 4 aromatic carbocycles. The maximum Gasteiger partial charge on any atom is 0.282 e. The van der Waals surface area contributed by atoms with Crippen molar-refractivity contribution in [2.24, 2.45) is 5.10 Å². The fraction of sp³-hybridized carbons (Fsp3) is 0.0690. The average molecular weight is 540 g/mol. The van der Waals surface area contributed by atoms with Crippen molar-refractivity contribution >= 4 is 33.0 Å². The molecular formula is C29H22BrN3O3. The molecule has 1 heterocycles. The van der Waals surface area contributed by atoms with Crippen LogP contribution in [0.4, 0.5) is 0 Å². The van der Waals surface area contributed by atoms with E-state index in [0.717, 1.165) is 21.2 Å². The molecule has 178 valence electrons. The minimum Gasteiger partial charge on any atom is -0.493 e. The normalized spacial score (nSPS) is 11.2. The molecule has 36 heavy (non-hydrogen) atoms. The summed E-state index contributed by atoms with van der Waals surface area (Å²) in [5, 5.41) is 5.03. The van der Waals surface area contributed by atoms with E-state index < -0.39 is 0 Å². The summed E-state index contributed by atoms with van der Waals surface area (Å²) >= 11 is 3.44. The Morgan fingerprint density at radius 1 is 0.917 bits per heavy atom. The highest BCUT2D eigenvalue weighted by Gasteiger charge is 2.12. The van der Waals surface area contributed by atoms with E-state index in [1.807, 2.05) is 91.0 Å². The van der Waals surface area contributed by atoms with Gasteiger partial charge in [0.25, 0.3) is 5.56 Å². The van der Waals surface area contributed by atoms with E-state index >= 15 is 0 Å². The largest absolute Gasteiger partial charge is 0.493 e. The number of benzene rings is 4. The first-order valence-corrected chi connectivity index (χ1v) is 12.1.